The molecule has 0 spiro atoms. The molecule has 3 rings (SSSR count). The van der Waals surface area contributed by atoms with E-state index in [1.165, 1.54) is 5.56 Å². The van der Waals surface area contributed by atoms with Crippen molar-refractivity contribution in [2.24, 2.45) is 11.3 Å². The number of aliphatic carboxylic acids is 1. The van der Waals surface area contributed by atoms with Crippen molar-refractivity contribution in [3.05, 3.63) is 47.1 Å². The number of nitrogens with zero attached hydrogens (tertiary/aromatic N) is 2. The normalized spacial score (nSPS) is 23.0. The van der Waals surface area contributed by atoms with Crippen molar-refractivity contribution in [3.8, 4) is 0 Å². The molecule has 0 aliphatic heterocycles. The summed E-state index contributed by atoms with van der Waals surface area (Å²) in [7, 11) is 0. The number of hydrogen-bond donors (Lipinski definition) is 1. The minimum absolute atomic E-state index is 0.186. The molecule has 21 heavy (non-hydrogen) atoms. The molecule has 1 aliphatic carbocycles. The number of aryl methyl sites for hydroxylation is 1. The maximum Gasteiger partial charge on any atom is 0.307 e. The number of carbonyl (C=O) groups is 1. The van der Waals surface area contributed by atoms with Crippen LogP contribution in [0.5, 0.6) is 0 Å². The highest BCUT2D eigenvalue weighted by molar-refractivity contribution is 5.77. The van der Waals surface area contributed by atoms with E-state index in [-0.39, 0.29) is 11.3 Å². The van der Waals surface area contributed by atoms with Crippen LogP contribution in [0.1, 0.15) is 42.6 Å². The fourth-order valence-corrected chi connectivity index (χ4v) is 3.03. The second-order valence-corrected chi connectivity index (χ2v) is 6.33. The second-order valence-electron chi connectivity index (χ2n) is 6.33. The molecule has 5 nitrogen and oxygen atoms in total. The van der Waals surface area contributed by atoms with Crippen molar-refractivity contribution in [2.45, 2.75) is 33.1 Å². The third-order valence-electron chi connectivity index (χ3n) is 4.29. The van der Waals surface area contributed by atoms with Gasteiger partial charge in [-0.1, -0.05) is 48.8 Å². The molecule has 1 fully saturated rings. The molecule has 2 aromatic rings. The molecule has 2 unspecified atom stereocenters. The number of carboxylic acid groups (broad SMARTS) is 1. The standard InChI is InChI=1S/C16H18N2O3/c1-9-5-4-6-10(7-9)8-11-17-14(21-18-11)12-13(15(19)20)16(12,2)3/h4-7,12-13H,8H2,1-3H3,(H,19,20). The summed E-state index contributed by atoms with van der Waals surface area (Å²) in [6, 6.07) is 8.13. The van der Waals surface area contributed by atoms with Crippen LogP contribution in [0.3, 0.4) is 0 Å². The lowest BCUT2D eigenvalue weighted by atomic mass is 10.1. The van der Waals surface area contributed by atoms with E-state index in [0.29, 0.717) is 18.1 Å². The SMILES string of the molecule is Cc1cccc(Cc2noc(C3C(C(=O)O)C3(C)C)n2)c1. The maximum atomic E-state index is 11.2. The summed E-state index contributed by atoms with van der Waals surface area (Å²) in [5.74, 6) is -0.389. The van der Waals surface area contributed by atoms with Crippen LogP contribution >= 0.6 is 0 Å². The van der Waals surface area contributed by atoms with Crippen molar-refractivity contribution in [1.29, 1.82) is 0 Å². The molecule has 0 bridgehead atoms. The topological polar surface area (TPSA) is 76.2 Å². The van der Waals surface area contributed by atoms with E-state index in [9.17, 15) is 9.90 Å². The van der Waals surface area contributed by atoms with Gasteiger partial charge in [0.25, 0.3) is 0 Å². The minimum Gasteiger partial charge on any atom is -0.481 e. The highest BCUT2D eigenvalue weighted by Crippen LogP contribution is 2.63. The van der Waals surface area contributed by atoms with E-state index >= 15 is 0 Å². The van der Waals surface area contributed by atoms with Gasteiger partial charge in [-0.15, -0.1) is 0 Å². The van der Waals surface area contributed by atoms with E-state index in [2.05, 4.69) is 16.2 Å². The first kappa shape index (κ1) is 13.8. The molecule has 1 aromatic heterocycles. The summed E-state index contributed by atoms with van der Waals surface area (Å²) in [6.45, 7) is 5.87. The van der Waals surface area contributed by atoms with Crippen LogP contribution in [0, 0.1) is 18.3 Å². The van der Waals surface area contributed by atoms with E-state index < -0.39 is 11.9 Å². The van der Waals surface area contributed by atoms with Gasteiger partial charge in [0.2, 0.25) is 5.89 Å². The van der Waals surface area contributed by atoms with Gasteiger partial charge in [0.15, 0.2) is 5.82 Å². The zero-order valence-electron chi connectivity index (χ0n) is 12.3. The highest BCUT2D eigenvalue weighted by Gasteiger charge is 2.65. The quantitative estimate of drug-likeness (QED) is 0.935. The molecule has 0 amide bonds. The van der Waals surface area contributed by atoms with Crippen molar-refractivity contribution in [1.82, 2.24) is 10.1 Å². The molecule has 1 heterocycles. The largest absolute Gasteiger partial charge is 0.481 e. The predicted molar refractivity (Wildman–Crippen MR) is 75.9 cm³/mol. The van der Waals surface area contributed by atoms with Gasteiger partial charge in [0, 0.05) is 6.42 Å². The van der Waals surface area contributed by atoms with Gasteiger partial charge in [0.05, 0.1) is 11.8 Å². The van der Waals surface area contributed by atoms with Gasteiger partial charge >= 0.3 is 5.97 Å². The number of aromatic nitrogens is 2. The molecular weight excluding hydrogens is 268 g/mol. The summed E-state index contributed by atoms with van der Waals surface area (Å²) in [6.07, 6.45) is 0.593. The third kappa shape index (κ3) is 2.44. The van der Waals surface area contributed by atoms with Gasteiger partial charge in [-0.3, -0.25) is 4.79 Å². The molecular formula is C16H18N2O3. The van der Waals surface area contributed by atoms with E-state index in [4.69, 9.17) is 4.52 Å². The van der Waals surface area contributed by atoms with Crippen LogP contribution in [0.15, 0.2) is 28.8 Å². The van der Waals surface area contributed by atoms with Crippen LogP contribution in [0.4, 0.5) is 0 Å². The molecule has 1 aliphatic rings. The zero-order valence-corrected chi connectivity index (χ0v) is 12.3. The first-order valence-corrected chi connectivity index (χ1v) is 7.00. The Hall–Kier alpha value is -2.17. The number of carboxylic acids is 1. The lowest BCUT2D eigenvalue weighted by Gasteiger charge is -1.98. The second kappa shape index (κ2) is 4.69. The fourth-order valence-electron chi connectivity index (χ4n) is 3.03. The van der Waals surface area contributed by atoms with Gasteiger partial charge < -0.3 is 9.63 Å². The molecule has 1 saturated carbocycles. The summed E-state index contributed by atoms with van der Waals surface area (Å²) in [5.41, 5.74) is 1.98. The van der Waals surface area contributed by atoms with Gasteiger partial charge in [-0.2, -0.15) is 4.98 Å². The average Bonchev–Trinajstić information content (AvgIpc) is 2.75. The number of hydrogen-bond acceptors (Lipinski definition) is 4. The van der Waals surface area contributed by atoms with E-state index in [1.54, 1.807) is 0 Å². The molecule has 110 valence electrons. The van der Waals surface area contributed by atoms with E-state index in [0.717, 1.165) is 5.56 Å². The Kier molecular flexibility index (Phi) is 3.08. The molecule has 5 heteroatoms. The van der Waals surface area contributed by atoms with Crippen LogP contribution < -0.4 is 0 Å². The van der Waals surface area contributed by atoms with Crippen LogP contribution in [0.25, 0.3) is 0 Å². The van der Waals surface area contributed by atoms with Gasteiger partial charge in [-0.05, 0) is 17.9 Å². The molecule has 1 aromatic carbocycles. The van der Waals surface area contributed by atoms with Crippen LogP contribution in [-0.2, 0) is 11.2 Å². The Labute approximate surface area is 123 Å². The van der Waals surface area contributed by atoms with Crippen molar-refractivity contribution >= 4 is 5.97 Å². The van der Waals surface area contributed by atoms with Crippen LogP contribution in [-0.4, -0.2) is 21.2 Å². The lowest BCUT2D eigenvalue weighted by molar-refractivity contribution is -0.139. The predicted octanol–water partition coefficient (Wildman–Crippen LogP) is 2.79. The lowest BCUT2D eigenvalue weighted by Crippen LogP contribution is -2.03. The molecule has 0 saturated heterocycles. The van der Waals surface area contributed by atoms with Crippen molar-refractivity contribution in [3.63, 3.8) is 0 Å². The van der Waals surface area contributed by atoms with Crippen LogP contribution in [0.2, 0.25) is 0 Å². The molecule has 2 atom stereocenters. The summed E-state index contributed by atoms with van der Waals surface area (Å²) in [5, 5.41) is 13.2. The third-order valence-corrected chi connectivity index (χ3v) is 4.29. The molecule has 0 radical (unpaired) electrons. The Morgan fingerprint density at radius 3 is 2.81 bits per heavy atom. The number of benzene rings is 1. The minimum atomic E-state index is -0.802. The first-order valence-electron chi connectivity index (χ1n) is 7.00. The number of rotatable bonds is 4. The Balaban J connectivity index is 1.77. The fraction of sp³-hybridized carbons (Fsp3) is 0.438. The van der Waals surface area contributed by atoms with Crippen molar-refractivity contribution in [2.75, 3.05) is 0 Å². The Morgan fingerprint density at radius 2 is 2.19 bits per heavy atom. The highest BCUT2D eigenvalue weighted by atomic mass is 16.5. The summed E-state index contributed by atoms with van der Waals surface area (Å²) < 4.78 is 5.28. The maximum absolute atomic E-state index is 11.2. The van der Waals surface area contributed by atoms with Gasteiger partial charge in [-0.25, -0.2) is 0 Å². The Bertz CT molecular complexity index is 690. The smallest absolute Gasteiger partial charge is 0.307 e. The summed E-state index contributed by atoms with van der Waals surface area (Å²) >= 11 is 0. The Morgan fingerprint density at radius 1 is 1.43 bits per heavy atom. The van der Waals surface area contributed by atoms with E-state index in [1.807, 2.05) is 39.0 Å². The average molecular weight is 286 g/mol. The molecule has 1 N–H and O–H groups in total. The first-order chi connectivity index (χ1) is 9.89. The monoisotopic (exact) mass is 286 g/mol. The van der Waals surface area contributed by atoms with Gasteiger partial charge in [0.1, 0.15) is 0 Å². The zero-order chi connectivity index (χ0) is 15.2. The van der Waals surface area contributed by atoms with Crippen molar-refractivity contribution < 1.29 is 14.4 Å². The summed E-state index contributed by atoms with van der Waals surface area (Å²) in [4.78, 5) is 15.6.